The van der Waals surface area contributed by atoms with Gasteiger partial charge in [0.05, 0.1) is 12.9 Å². The third-order valence-electron chi connectivity index (χ3n) is 3.72. The fourth-order valence-electron chi connectivity index (χ4n) is 2.39. The minimum Gasteiger partial charge on any atom is -0.497 e. The quantitative estimate of drug-likeness (QED) is 0.862. The van der Waals surface area contributed by atoms with Gasteiger partial charge in [-0.15, -0.1) is 11.8 Å². The second-order valence-electron chi connectivity index (χ2n) is 5.28. The van der Waals surface area contributed by atoms with Gasteiger partial charge in [0.15, 0.2) is 0 Å². The molecule has 0 unspecified atom stereocenters. The zero-order valence-electron chi connectivity index (χ0n) is 13.7. The van der Waals surface area contributed by atoms with Gasteiger partial charge in [0.1, 0.15) is 11.1 Å². The van der Waals surface area contributed by atoms with Gasteiger partial charge in [-0.25, -0.2) is 4.79 Å². The predicted molar refractivity (Wildman–Crippen MR) is 91.6 cm³/mol. The average molecular weight is 337 g/mol. The van der Waals surface area contributed by atoms with Gasteiger partial charge in [-0.3, -0.25) is 4.79 Å². The Bertz CT molecular complexity index is 550. The number of amides is 3. The van der Waals surface area contributed by atoms with Gasteiger partial charge in [-0.05, 0) is 24.6 Å². The van der Waals surface area contributed by atoms with Crippen LogP contribution in [0.3, 0.4) is 0 Å². The van der Waals surface area contributed by atoms with Crippen LogP contribution in [0.4, 0.5) is 4.79 Å². The summed E-state index contributed by atoms with van der Waals surface area (Å²) in [7, 11) is 3.37. The SMILES string of the molecule is CCNC(=O)N(C)CCN1C(=O)CS[C@H]1c1ccc(OC)cc1. The zero-order valence-corrected chi connectivity index (χ0v) is 14.6. The summed E-state index contributed by atoms with van der Waals surface area (Å²) >= 11 is 1.61. The molecule has 1 heterocycles. The van der Waals surface area contributed by atoms with E-state index in [9.17, 15) is 9.59 Å². The molecule has 0 spiro atoms. The maximum atomic E-state index is 12.2. The number of ether oxygens (including phenoxy) is 1. The summed E-state index contributed by atoms with van der Waals surface area (Å²) in [5.74, 6) is 1.38. The molecule has 0 saturated carbocycles. The molecule has 1 atom stereocenters. The van der Waals surface area contributed by atoms with E-state index in [1.54, 1.807) is 30.8 Å². The first-order valence-electron chi connectivity index (χ1n) is 7.60. The highest BCUT2D eigenvalue weighted by molar-refractivity contribution is 8.00. The van der Waals surface area contributed by atoms with Crippen molar-refractivity contribution in [2.75, 3.05) is 39.5 Å². The molecule has 3 amide bonds. The van der Waals surface area contributed by atoms with Gasteiger partial charge < -0.3 is 19.9 Å². The smallest absolute Gasteiger partial charge is 0.317 e. The van der Waals surface area contributed by atoms with Crippen LogP contribution in [-0.2, 0) is 4.79 Å². The average Bonchev–Trinajstić information content (AvgIpc) is 2.93. The summed E-state index contributed by atoms with van der Waals surface area (Å²) in [5.41, 5.74) is 1.07. The third-order valence-corrected chi connectivity index (χ3v) is 4.98. The van der Waals surface area contributed by atoms with Crippen molar-refractivity contribution in [2.45, 2.75) is 12.3 Å². The summed E-state index contributed by atoms with van der Waals surface area (Å²) in [6.07, 6.45) is 0. The third kappa shape index (κ3) is 4.31. The van der Waals surface area contributed by atoms with Crippen LogP contribution in [0.2, 0.25) is 0 Å². The number of rotatable bonds is 6. The van der Waals surface area contributed by atoms with Crippen molar-refractivity contribution in [3.63, 3.8) is 0 Å². The van der Waals surface area contributed by atoms with Crippen molar-refractivity contribution < 1.29 is 14.3 Å². The van der Waals surface area contributed by atoms with Crippen LogP contribution in [0.1, 0.15) is 17.9 Å². The second kappa shape index (κ2) is 8.10. The minimum atomic E-state index is -0.118. The lowest BCUT2D eigenvalue weighted by atomic mass is 10.2. The molecule has 6 nitrogen and oxygen atoms in total. The van der Waals surface area contributed by atoms with E-state index in [4.69, 9.17) is 4.74 Å². The lowest BCUT2D eigenvalue weighted by Gasteiger charge is -2.27. The molecule has 1 aliphatic rings. The van der Waals surface area contributed by atoms with E-state index in [1.165, 1.54) is 0 Å². The van der Waals surface area contributed by atoms with Crippen LogP contribution in [0, 0.1) is 0 Å². The Kier molecular flexibility index (Phi) is 6.15. The number of nitrogens with zero attached hydrogens (tertiary/aromatic N) is 2. The number of carbonyl (C=O) groups excluding carboxylic acids is 2. The second-order valence-corrected chi connectivity index (χ2v) is 6.35. The van der Waals surface area contributed by atoms with Crippen LogP contribution < -0.4 is 10.1 Å². The predicted octanol–water partition coefficient (Wildman–Crippen LogP) is 1.93. The number of urea groups is 1. The summed E-state index contributed by atoms with van der Waals surface area (Å²) < 4.78 is 5.17. The van der Waals surface area contributed by atoms with Crippen LogP contribution in [-0.4, -0.2) is 61.3 Å². The van der Waals surface area contributed by atoms with Crippen molar-refractivity contribution in [1.29, 1.82) is 0 Å². The van der Waals surface area contributed by atoms with E-state index >= 15 is 0 Å². The van der Waals surface area contributed by atoms with E-state index in [-0.39, 0.29) is 17.3 Å². The molecule has 0 aromatic heterocycles. The van der Waals surface area contributed by atoms with Crippen LogP contribution in [0.25, 0.3) is 0 Å². The van der Waals surface area contributed by atoms with Gasteiger partial charge >= 0.3 is 6.03 Å². The van der Waals surface area contributed by atoms with Crippen molar-refractivity contribution >= 4 is 23.7 Å². The molecule has 1 aromatic rings. The summed E-state index contributed by atoms with van der Waals surface area (Å²) in [6.45, 7) is 3.50. The molecule has 1 aliphatic heterocycles. The molecule has 23 heavy (non-hydrogen) atoms. The number of methoxy groups -OCH3 is 1. The highest BCUT2D eigenvalue weighted by atomic mass is 32.2. The molecule has 0 aliphatic carbocycles. The molecule has 1 fully saturated rings. The lowest BCUT2D eigenvalue weighted by Crippen LogP contribution is -2.42. The van der Waals surface area contributed by atoms with Gasteiger partial charge in [-0.1, -0.05) is 12.1 Å². The Morgan fingerprint density at radius 1 is 1.43 bits per heavy atom. The van der Waals surface area contributed by atoms with Crippen LogP contribution >= 0.6 is 11.8 Å². The fourth-order valence-corrected chi connectivity index (χ4v) is 3.60. The maximum absolute atomic E-state index is 12.2. The van der Waals surface area contributed by atoms with E-state index in [0.717, 1.165) is 11.3 Å². The summed E-state index contributed by atoms with van der Waals surface area (Å²) in [6, 6.07) is 7.65. The molecule has 0 radical (unpaired) electrons. The van der Waals surface area contributed by atoms with Crippen LogP contribution in [0.15, 0.2) is 24.3 Å². The Hall–Kier alpha value is -1.89. The minimum absolute atomic E-state index is 0.00366. The molecule has 126 valence electrons. The summed E-state index contributed by atoms with van der Waals surface area (Å²) in [4.78, 5) is 27.3. The molecular weight excluding hydrogens is 314 g/mol. The maximum Gasteiger partial charge on any atom is 0.317 e. The topological polar surface area (TPSA) is 61.9 Å². The van der Waals surface area contributed by atoms with Crippen molar-refractivity contribution in [3.8, 4) is 5.75 Å². The first-order valence-corrected chi connectivity index (χ1v) is 8.65. The van der Waals surface area contributed by atoms with Gasteiger partial charge in [0.25, 0.3) is 0 Å². The number of thioether (sulfide) groups is 1. The number of benzene rings is 1. The van der Waals surface area contributed by atoms with E-state index in [2.05, 4.69) is 5.32 Å². The monoisotopic (exact) mass is 337 g/mol. The lowest BCUT2D eigenvalue weighted by molar-refractivity contribution is -0.128. The molecule has 0 bridgehead atoms. The summed E-state index contributed by atoms with van der Waals surface area (Å²) in [5, 5.41) is 2.75. The first kappa shape index (κ1) is 17.5. The number of hydrogen-bond donors (Lipinski definition) is 1. The van der Waals surface area contributed by atoms with Crippen molar-refractivity contribution in [1.82, 2.24) is 15.1 Å². The number of hydrogen-bond acceptors (Lipinski definition) is 4. The van der Waals surface area contributed by atoms with Gasteiger partial charge in [0, 0.05) is 26.7 Å². The fraction of sp³-hybridized carbons (Fsp3) is 0.500. The Morgan fingerprint density at radius 3 is 2.74 bits per heavy atom. The van der Waals surface area contributed by atoms with Crippen LogP contribution in [0.5, 0.6) is 5.75 Å². The Morgan fingerprint density at radius 2 is 2.13 bits per heavy atom. The number of nitrogens with one attached hydrogen (secondary N) is 1. The highest BCUT2D eigenvalue weighted by Gasteiger charge is 2.32. The molecule has 2 rings (SSSR count). The number of likely N-dealkylation sites (N-methyl/N-ethyl adjacent to an activating group) is 1. The number of carbonyl (C=O) groups is 2. The van der Waals surface area contributed by atoms with Gasteiger partial charge in [0.2, 0.25) is 5.91 Å². The Labute approximate surface area is 141 Å². The normalized spacial score (nSPS) is 17.3. The molecule has 1 saturated heterocycles. The standard InChI is InChI=1S/C16H23N3O3S/c1-4-17-16(21)18(2)9-10-19-14(20)11-23-15(19)12-5-7-13(22-3)8-6-12/h5-8,15H,4,9-11H2,1-3H3,(H,17,21)/t15-/m0/s1. The largest absolute Gasteiger partial charge is 0.497 e. The van der Waals surface area contributed by atoms with Crippen molar-refractivity contribution in [3.05, 3.63) is 29.8 Å². The molecular formula is C16H23N3O3S. The Balaban J connectivity index is 2.00. The molecule has 1 aromatic carbocycles. The molecule has 7 heteroatoms. The molecule has 1 N–H and O–H groups in total. The van der Waals surface area contributed by atoms with Gasteiger partial charge in [-0.2, -0.15) is 0 Å². The first-order chi connectivity index (χ1) is 11.1. The van der Waals surface area contributed by atoms with E-state index < -0.39 is 0 Å². The van der Waals surface area contributed by atoms with Crippen molar-refractivity contribution in [2.24, 2.45) is 0 Å². The van der Waals surface area contributed by atoms with E-state index in [0.29, 0.717) is 25.4 Å². The highest BCUT2D eigenvalue weighted by Crippen LogP contribution is 2.38. The zero-order chi connectivity index (χ0) is 16.8. The van der Waals surface area contributed by atoms with E-state index in [1.807, 2.05) is 36.1 Å².